The van der Waals surface area contributed by atoms with E-state index in [0.29, 0.717) is 22.9 Å². The van der Waals surface area contributed by atoms with Gasteiger partial charge in [0.1, 0.15) is 0 Å². The monoisotopic (exact) mass is 470 g/mol. The topological polar surface area (TPSA) is 91.4 Å². The molecule has 0 radical (unpaired) electrons. The summed E-state index contributed by atoms with van der Waals surface area (Å²) in [5.41, 5.74) is 1.98. The van der Waals surface area contributed by atoms with Crippen molar-refractivity contribution in [3.63, 3.8) is 0 Å². The van der Waals surface area contributed by atoms with E-state index in [1.807, 2.05) is 12.1 Å². The van der Waals surface area contributed by atoms with Gasteiger partial charge in [-0.3, -0.25) is 4.98 Å². The summed E-state index contributed by atoms with van der Waals surface area (Å²) in [5, 5.41) is 5.97. The summed E-state index contributed by atoms with van der Waals surface area (Å²) in [7, 11) is -3.69. The second-order valence-electron chi connectivity index (χ2n) is 7.52. The number of aromatic nitrogens is 1. The van der Waals surface area contributed by atoms with E-state index >= 15 is 0 Å². The number of hydrogen-bond donors (Lipinski definition) is 2. The Morgan fingerprint density at radius 1 is 0.969 bits per heavy atom. The number of urea groups is 1. The molecule has 1 saturated heterocycles. The number of anilines is 2. The number of nitrogens with one attached hydrogen (secondary N) is 2. The largest absolute Gasteiger partial charge is 0.323 e. The summed E-state index contributed by atoms with van der Waals surface area (Å²) >= 11 is 5.85. The normalized spacial score (nSPS) is 17.0. The first-order chi connectivity index (χ1) is 15.4. The van der Waals surface area contributed by atoms with Crippen molar-refractivity contribution in [3.8, 4) is 0 Å². The Morgan fingerprint density at radius 3 is 2.25 bits per heavy atom. The fourth-order valence-corrected chi connectivity index (χ4v) is 5.58. The van der Waals surface area contributed by atoms with Crippen LogP contribution in [-0.2, 0) is 10.0 Å². The first kappa shape index (κ1) is 22.3. The lowest BCUT2D eigenvalue weighted by atomic mass is 9.99. The predicted octanol–water partition coefficient (Wildman–Crippen LogP) is 5.29. The van der Waals surface area contributed by atoms with Crippen LogP contribution in [0.3, 0.4) is 0 Å². The number of sulfonamides is 1. The highest BCUT2D eigenvalue weighted by Gasteiger charge is 2.34. The quantitative estimate of drug-likeness (QED) is 0.529. The molecule has 9 heteroatoms. The van der Waals surface area contributed by atoms with E-state index in [4.69, 9.17) is 11.6 Å². The molecule has 2 amide bonds. The van der Waals surface area contributed by atoms with Crippen molar-refractivity contribution in [2.45, 2.75) is 30.2 Å². The zero-order chi connectivity index (χ0) is 22.6. The SMILES string of the molecule is O=C(Nc1ccc(Cl)cc1)Nc1ccc(S(=O)(=O)N2CCCCC2c2cccnc2)cc1. The zero-order valence-electron chi connectivity index (χ0n) is 17.2. The van der Waals surface area contributed by atoms with Gasteiger partial charge in [0.2, 0.25) is 10.0 Å². The van der Waals surface area contributed by atoms with Crippen LogP contribution in [-0.4, -0.2) is 30.3 Å². The molecule has 1 atom stereocenters. The highest BCUT2D eigenvalue weighted by Crippen LogP contribution is 2.35. The van der Waals surface area contributed by atoms with Gasteiger partial charge in [-0.2, -0.15) is 4.31 Å². The molecule has 1 aliphatic heterocycles. The smallest absolute Gasteiger partial charge is 0.308 e. The van der Waals surface area contributed by atoms with Crippen molar-refractivity contribution >= 4 is 39.0 Å². The van der Waals surface area contributed by atoms with Crippen molar-refractivity contribution in [2.75, 3.05) is 17.2 Å². The number of halogens is 1. The van der Waals surface area contributed by atoms with Gasteiger partial charge in [0.05, 0.1) is 10.9 Å². The molecule has 0 spiro atoms. The molecule has 2 aromatic carbocycles. The number of hydrogen-bond acceptors (Lipinski definition) is 4. The molecule has 1 fully saturated rings. The fraction of sp³-hybridized carbons (Fsp3) is 0.217. The Labute approximate surface area is 192 Å². The average molecular weight is 471 g/mol. The first-order valence-corrected chi connectivity index (χ1v) is 12.1. The van der Waals surface area contributed by atoms with E-state index in [2.05, 4.69) is 15.6 Å². The van der Waals surface area contributed by atoms with Gasteiger partial charge < -0.3 is 10.6 Å². The number of rotatable bonds is 5. The zero-order valence-corrected chi connectivity index (χ0v) is 18.8. The molecule has 0 bridgehead atoms. The van der Waals surface area contributed by atoms with E-state index in [0.717, 1.165) is 24.8 Å². The van der Waals surface area contributed by atoms with E-state index in [9.17, 15) is 13.2 Å². The minimum Gasteiger partial charge on any atom is -0.308 e. The van der Waals surface area contributed by atoms with Crippen molar-refractivity contribution in [1.29, 1.82) is 0 Å². The lowest BCUT2D eigenvalue weighted by molar-refractivity contribution is 0.255. The van der Waals surface area contributed by atoms with Gasteiger partial charge in [-0.25, -0.2) is 13.2 Å². The standard InChI is InChI=1S/C23H23ClN4O3S/c24-18-6-8-19(9-7-18)26-23(29)27-20-10-12-21(13-11-20)32(30,31)28-15-2-1-5-22(28)17-4-3-14-25-16-17/h3-4,6-14,16,22H,1-2,5,15H2,(H2,26,27,29). The van der Waals surface area contributed by atoms with E-state index in [1.54, 1.807) is 53.1 Å². The lowest BCUT2D eigenvalue weighted by Gasteiger charge is -2.34. The third kappa shape index (κ3) is 5.09. The molecule has 1 unspecified atom stereocenters. The summed E-state index contributed by atoms with van der Waals surface area (Å²) in [6.07, 6.45) is 5.96. The Morgan fingerprint density at radius 2 is 1.62 bits per heavy atom. The Balaban J connectivity index is 1.47. The maximum Gasteiger partial charge on any atom is 0.323 e. The van der Waals surface area contributed by atoms with Gasteiger partial charge in [-0.15, -0.1) is 0 Å². The summed E-state index contributed by atoms with van der Waals surface area (Å²) in [4.78, 5) is 16.5. The first-order valence-electron chi connectivity index (χ1n) is 10.3. The van der Waals surface area contributed by atoms with Crippen LogP contribution in [0.2, 0.25) is 5.02 Å². The van der Waals surface area contributed by atoms with Crippen LogP contribution in [0, 0.1) is 0 Å². The maximum atomic E-state index is 13.4. The average Bonchev–Trinajstić information content (AvgIpc) is 2.81. The van der Waals surface area contributed by atoms with Gasteiger partial charge in [-0.1, -0.05) is 24.1 Å². The molecule has 0 aliphatic carbocycles. The molecular weight excluding hydrogens is 448 g/mol. The molecule has 3 aromatic rings. The predicted molar refractivity (Wildman–Crippen MR) is 125 cm³/mol. The fourth-order valence-electron chi connectivity index (χ4n) is 3.77. The van der Waals surface area contributed by atoms with Gasteiger partial charge >= 0.3 is 6.03 Å². The van der Waals surface area contributed by atoms with Crippen LogP contribution in [0.1, 0.15) is 30.9 Å². The van der Waals surface area contributed by atoms with E-state index in [-0.39, 0.29) is 10.9 Å². The number of carbonyl (C=O) groups is 1. The molecule has 0 saturated carbocycles. The van der Waals surface area contributed by atoms with Crippen LogP contribution in [0.5, 0.6) is 0 Å². The van der Waals surface area contributed by atoms with Gasteiger partial charge in [0, 0.05) is 35.3 Å². The number of benzene rings is 2. The van der Waals surface area contributed by atoms with Crippen LogP contribution in [0.4, 0.5) is 16.2 Å². The van der Waals surface area contributed by atoms with Crippen molar-refractivity contribution in [3.05, 3.63) is 83.6 Å². The summed E-state index contributed by atoms with van der Waals surface area (Å²) in [5.74, 6) is 0. The van der Waals surface area contributed by atoms with Crippen LogP contribution in [0.15, 0.2) is 78.0 Å². The molecular formula is C23H23ClN4O3S. The second kappa shape index (κ2) is 9.68. The number of pyridine rings is 1. The summed E-state index contributed by atoms with van der Waals surface area (Å²) in [6, 6.07) is 16.0. The number of piperidine rings is 1. The van der Waals surface area contributed by atoms with Gasteiger partial charge in [0.15, 0.2) is 0 Å². The van der Waals surface area contributed by atoms with E-state index < -0.39 is 16.1 Å². The van der Waals surface area contributed by atoms with Gasteiger partial charge in [-0.05, 0) is 73.0 Å². The highest BCUT2D eigenvalue weighted by molar-refractivity contribution is 7.89. The molecule has 1 aliphatic rings. The third-order valence-corrected chi connectivity index (χ3v) is 7.52. The summed E-state index contributed by atoms with van der Waals surface area (Å²) in [6.45, 7) is 0.464. The van der Waals surface area contributed by atoms with Crippen LogP contribution >= 0.6 is 11.6 Å². The molecule has 166 valence electrons. The van der Waals surface area contributed by atoms with Crippen molar-refractivity contribution in [1.82, 2.24) is 9.29 Å². The third-order valence-electron chi connectivity index (χ3n) is 5.34. The summed E-state index contributed by atoms with van der Waals surface area (Å²) < 4.78 is 28.3. The maximum absolute atomic E-state index is 13.4. The van der Waals surface area contributed by atoms with Crippen molar-refractivity contribution < 1.29 is 13.2 Å². The van der Waals surface area contributed by atoms with Gasteiger partial charge in [0.25, 0.3) is 0 Å². The Bertz CT molecular complexity index is 1170. The highest BCUT2D eigenvalue weighted by atomic mass is 35.5. The molecule has 2 heterocycles. The molecule has 2 N–H and O–H groups in total. The lowest BCUT2D eigenvalue weighted by Crippen LogP contribution is -2.38. The minimum absolute atomic E-state index is 0.192. The molecule has 1 aromatic heterocycles. The molecule has 7 nitrogen and oxygen atoms in total. The molecule has 32 heavy (non-hydrogen) atoms. The molecule has 4 rings (SSSR count). The van der Waals surface area contributed by atoms with E-state index in [1.165, 1.54) is 12.1 Å². The second-order valence-corrected chi connectivity index (χ2v) is 9.85. The van der Waals surface area contributed by atoms with Crippen molar-refractivity contribution in [2.24, 2.45) is 0 Å². The minimum atomic E-state index is -3.69. The Kier molecular flexibility index (Phi) is 6.74. The van der Waals surface area contributed by atoms with Crippen LogP contribution < -0.4 is 10.6 Å². The number of amides is 2. The van der Waals surface area contributed by atoms with Crippen LogP contribution in [0.25, 0.3) is 0 Å². The number of carbonyl (C=O) groups excluding carboxylic acids is 1. The Hall–Kier alpha value is -2.94. The number of nitrogens with zero attached hydrogens (tertiary/aromatic N) is 2.